The molecule has 106 valence electrons. The highest BCUT2D eigenvalue weighted by Crippen LogP contribution is 2.27. The lowest BCUT2D eigenvalue weighted by Crippen LogP contribution is -2.21. The fourth-order valence-electron chi connectivity index (χ4n) is 2.23. The molecule has 4 heteroatoms. The van der Waals surface area contributed by atoms with Crippen LogP contribution in [0.1, 0.15) is 22.7 Å². The first-order valence-corrected chi connectivity index (χ1v) is 6.77. The molecule has 0 aromatic heterocycles. The second-order valence-corrected chi connectivity index (χ2v) is 5.18. The largest absolute Gasteiger partial charge is 0.313 e. The Hall–Kier alpha value is -1.45. The van der Waals surface area contributed by atoms with Crippen molar-refractivity contribution in [2.24, 2.45) is 0 Å². The summed E-state index contributed by atoms with van der Waals surface area (Å²) in [5.41, 5.74) is 1.88. The summed E-state index contributed by atoms with van der Waals surface area (Å²) in [5.74, 6) is -0.673. The molecule has 0 spiro atoms. The molecule has 20 heavy (non-hydrogen) atoms. The molecule has 2 aromatic carbocycles. The number of hydrogen-bond acceptors (Lipinski definition) is 1. The fourth-order valence-corrected chi connectivity index (χ4v) is 2.47. The molecule has 1 N–H and O–H groups in total. The number of aryl methyl sites for hydroxylation is 1. The minimum Gasteiger partial charge on any atom is -0.313 e. The van der Waals surface area contributed by atoms with Crippen LogP contribution in [0.25, 0.3) is 0 Å². The highest BCUT2D eigenvalue weighted by atomic mass is 35.5. The van der Waals surface area contributed by atoms with Crippen molar-refractivity contribution in [1.29, 1.82) is 0 Å². The van der Waals surface area contributed by atoms with Gasteiger partial charge in [-0.1, -0.05) is 35.4 Å². The van der Waals surface area contributed by atoms with Gasteiger partial charge in [0.2, 0.25) is 0 Å². The molecule has 0 bridgehead atoms. The molecule has 0 heterocycles. The van der Waals surface area contributed by atoms with Gasteiger partial charge in [-0.2, -0.15) is 0 Å². The second-order valence-electron chi connectivity index (χ2n) is 4.77. The van der Waals surface area contributed by atoms with E-state index in [0.717, 1.165) is 5.56 Å². The zero-order valence-electron chi connectivity index (χ0n) is 11.4. The van der Waals surface area contributed by atoms with Crippen LogP contribution in [0.15, 0.2) is 36.4 Å². The van der Waals surface area contributed by atoms with Crippen LogP contribution in [0, 0.1) is 18.6 Å². The standard InChI is InChI=1S/C16H16ClF2N/c1-10-6-7-15(19)12(8-10)16(20-2)9-11-13(17)4-3-5-14(11)18/h3-8,16,20H,9H2,1-2H3. The number of nitrogens with one attached hydrogen (secondary N) is 1. The lowest BCUT2D eigenvalue weighted by atomic mass is 9.97. The van der Waals surface area contributed by atoms with Crippen LogP contribution in [0.3, 0.4) is 0 Å². The zero-order valence-corrected chi connectivity index (χ0v) is 12.1. The van der Waals surface area contributed by atoms with E-state index in [4.69, 9.17) is 11.6 Å². The Morgan fingerprint density at radius 3 is 2.55 bits per heavy atom. The molecule has 0 fully saturated rings. The molecule has 0 aliphatic heterocycles. The summed E-state index contributed by atoms with van der Waals surface area (Å²) < 4.78 is 27.8. The van der Waals surface area contributed by atoms with Gasteiger partial charge in [0, 0.05) is 22.2 Å². The van der Waals surface area contributed by atoms with E-state index >= 15 is 0 Å². The van der Waals surface area contributed by atoms with Crippen LogP contribution in [-0.2, 0) is 6.42 Å². The van der Waals surface area contributed by atoms with Crippen molar-refractivity contribution in [3.63, 3.8) is 0 Å². The zero-order chi connectivity index (χ0) is 14.7. The van der Waals surface area contributed by atoms with E-state index in [1.807, 2.05) is 6.92 Å². The van der Waals surface area contributed by atoms with Crippen molar-refractivity contribution in [1.82, 2.24) is 5.32 Å². The van der Waals surface area contributed by atoms with Gasteiger partial charge in [-0.05, 0) is 38.6 Å². The number of benzene rings is 2. The first kappa shape index (κ1) is 14.9. The van der Waals surface area contributed by atoms with Gasteiger partial charge in [0.1, 0.15) is 11.6 Å². The smallest absolute Gasteiger partial charge is 0.128 e. The van der Waals surface area contributed by atoms with Crippen molar-refractivity contribution in [3.8, 4) is 0 Å². The average molecular weight is 296 g/mol. The molecule has 0 radical (unpaired) electrons. The van der Waals surface area contributed by atoms with Gasteiger partial charge in [0.05, 0.1) is 0 Å². The van der Waals surface area contributed by atoms with Gasteiger partial charge >= 0.3 is 0 Å². The summed E-state index contributed by atoms with van der Waals surface area (Å²) in [6.07, 6.45) is 0.294. The minimum atomic E-state index is -0.370. The van der Waals surface area contributed by atoms with E-state index in [2.05, 4.69) is 5.32 Å². The maximum atomic E-state index is 13.9. The molecule has 2 aromatic rings. The van der Waals surface area contributed by atoms with E-state index in [9.17, 15) is 8.78 Å². The first-order valence-electron chi connectivity index (χ1n) is 6.39. The Labute approximate surface area is 122 Å². The Morgan fingerprint density at radius 1 is 1.15 bits per heavy atom. The van der Waals surface area contributed by atoms with E-state index in [0.29, 0.717) is 22.6 Å². The van der Waals surface area contributed by atoms with E-state index < -0.39 is 0 Å². The van der Waals surface area contributed by atoms with Crippen molar-refractivity contribution < 1.29 is 8.78 Å². The Bertz CT molecular complexity index is 593. The third-order valence-corrected chi connectivity index (χ3v) is 3.70. The molecule has 2 rings (SSSR count). The van der Waals surface area contributed by atoms with E-state index in [1.54, 1.807) is 31.3 Å². The van der Waals surface area contributed by atoms with Crippen LogP contribution in [-0.4, -0.2) is 7.05 Å². The van der Waals surface area contributed by atoms with Gasteiger partial charge in [-0.25, -0.2) is 8.78 Å². The minimum absolute atomic E-state index is 0.294. The number of rotatable bonds is 4. The summed E-state index contributed by atoms with van der Waals surface area (Å²) in [6, 6.07) is 9.14. The number of hydrogen-bond donors (Lipinski definition) is 1. The van der Waals surface area contributed by atoms with Gasteiger partial charge in [-0.15, -0.1) is 0 Å². The van der Waals surface area contributed by atoms with Gasteiger partial charge < -0.3 is 5.32 Å². The SMILES string of the molecule is CNC(Cc1c(F)cccc1Cl)c1cc(C)ccc1F. The highest BCUT2D eigenvalue weighted by Gasteiger charge is 2.18. The second kappa shape index (κ2) is 6.33. The van der Waals surface area contributed by atoms with Crippen LogP contribution < -0.4 is 5.32 Å². The highest BCUT2D eigenvalue weighted by molar-refractivity contribution is 6.31. The summed E-state index contributed by atoms with van der Waals surface area (Å²) in [4.78, 5) is 0. The molecule has 1 atom stereocenters. The predicted molar refractivity (Wildman–Crippen MR) is 78.1 cm³/mol. The molecule has 0 saturated carbocycles. The molecule has 0 amide bonds. The summed E-state index contributed by atoms with van der Waals surface area (Å²) in [7, 11) is 1.72. The van der Waals surface area contributed by atoms with Crippen molar-refractivity contribution >= 4 is 11.6 Å². The molecule has 0 aliphatic rings. The normalized spacial score (nSPS) is 12.4. The third-order valence-electron chi connectivity index (χ3n) is 3.35. The molecular weight excluding hydrogens is 280 g/mol. The third kappa shape index (κ3) is 3.17. The van der Waals surface area contributed by atoms with Gasteiger partial charge in [-0.3, -0.25) is 0 Å². The van der Waals surface area contributed by atoms with Crippen molar-refractivity contribution in [3.05, 3.63) is 69.7 Å². The van der Waals surface area contributed by atoms with E-state index in [-0.39, 0.29) is 17.7 Å². The fraction of sp³-hybridized carbons (Fsp3) is 0.250. The predicted octanol–water partition coefficient (Wildman–Crippen LogP) is 4.43. The Morgan fingerprint density at radius 2 is 1.90 bits per heavy atom. The molecule has 1 nitrogen and oxygen atoms in total. The quantitative estimate of drug-likeness (QED) is 0.880. The first-order chi connectivity index (χ1) is 9.52. The summed E-state index contributed by atoms with van der Waals surface area (Å²) in [5, 5.41) is 3.38. The summed E-state index contributed by atoms with van der Waals surface area (Å²) >= 11 is 6.03. The van der Waals surface area contributed by atoms with Crippen LogP contribution in [0.2, 0.25) is 5.02 Å². The monoisotopic (exact) mass is 295 g/mol. The summed E-state index contributed by atoms with van der Waals surface area (Å²) in [6.45, 7) is 1.89. The number of likely N-dealkylation sites (N-methyl/N-ethyl adjacent to an activating group) is 1. The Balaban J connectivity index is 2.36. The lowest BCUT2D eigenvalue weighted by molar-refractivity contribution is 0.519. The topological polar surface area (TPSA) is 12.0 Å². The Kier molecular flexibility index (Phi) is 4.73. The van der Waals surface area contributed by atoms with Crippen molar-refractivity contribution in [2.45, 2.75) is 19.4 Å². The van der Waals surface area contributed by atoms with Crippen LogP contribution >= 0.6 is 11.6 Å². The lowest BCUT2D eigenvalue weighted by Gasteiger charge is -2.19. The average Bonchev–Trinajstić information content (AvgIpc) is 2.42. The van der Waals surface area contributed by atoms with Gasteiger partial charge in [0.15, 0.2) is 0 Å². The number of halogens is 3. The van der Waals surface area contributed by atoms with Crippen molar-refractivity contribution in [2.75, 3.05) is 7.05 Å². The molecule has 1 unspecified atom stereocenters. The maximum Gasteiger partial charge on any atom is 0.128 e. The van der Waals surface area contributed by atoms with E-state index in [1.165, 1.54) is 12.1 Å². The van der Waals surface area contributed by atoms with Crippen LogP contribution in [0.4, 0.5) is 8.78 Å². The molecule has 0 saturated heterocycles. The van der Waals surface area contributed by atoms with Crippen LogP contribution in [0.5, 0.6) is 0 Å². The van der Waals surface area contributed by atoms with Gasteiger partial charge in [0.25, 0.3) is 0 Å². The molecule has 0 aliphatic carbocycles. The maximum absolute atomic E-state index is 13.9. The molecular formula is C16H16ClF2N.